The fourth-order valence-electron chi connectivity index (χ4n) is 1.76. The van der Waals surface area contributed by atoms with Gasteiger partial charge in [0.1, 0.15) is 11.5 Å². The molecule has 0 amide bonds. The molecule has 21 heavy (non-hydrogen) atoms. The maximum Gasteiger partial charge on any atom is 0.416 e. The molecule has 112 valence electrons. The second-order valence-electron chi connectivity index (χ2n) is 4.20. The van der Waals surface area contributed by atoms with Gasteiger partial charge in [0.25, 0.3) is 0 Å². The zero-order chi connectivity index (χ0) is 15.6. The van der Waals surface area contributed by atoms with Crippen LogP contribution in [0.25, 0.3) is 0 Å². The second kappa shape index (κ2) is 6.25. The number of nitrogens with two attached hydrogens (primary N) is 1. The normalized spacial score (nSPS) is 11.5. The summed E-state index contributed by atoms with van der Waals surface area (Å²) in [5.41, 5.74) is 4.57. The topological polar surface area (TPSA) is 35.2 Å². The molecular weight excluding hydrogens is 371 g/mol. The smallest absolute Gasteiger partial charge is 0.416 e. The van der Waals surface area contributed by atoms with Crippen LogP contribution in [0.1, 0.15) is 11.1 Å². The van der Waals surface area contributed by atoms with Gasteiger partial charge in [-0.3, -0.25) is 0 Å². The van der Waals surface area contributed by atoms with E-state index < -0.39 is 11.7 Å². The molecule has 2 aromatic carbocycles. The number of hydrogen-bond acceptors (Lipinski definition) is 2. The molecule has 0 radical (unpaired) electrons. The second-order valence-corrected chi connectivity index (χ2v) is 5.52. The van der Waals surface area contributed by atoms with Crippen LogP contribution >= 0.6 is 27.5 Å². The van der Waals surface area contributed by atoms with Gasteiger partial charge in [-0.2, -0.15) is 13.2 Å². The van der Waals surface area contributed by atoms with E-state index in [1.807, 2.05) is 0 Å². The molecule has 7 heteroatoms. The average molecular weight is 381 g/mol. The van der Waals surface area contributed by atoms with Crippen molar-refractivity contribution < 1.29 is 17.9 Å². The zero-order valence-corrected chi connectivity index (χ0v) is 12.9. The molecule has 0 spiro atoms. The first-order valence-corrected chi connectivity index (χ1v) is 7.01. The van der Waals surface area contributed by atoms with Gasteiger partial charge in [-0.15, -0.1) is 0 Å². The predicted molar refractivity (Wildman–Crippen MR) is 78.6 cm³/mol. The lowest BCUT2D eigenvalue weighted by atomic mass is 10.1. The summed E-state index contributed by atoms with van der Waals surface area (Å²) < 4.78 is 44.6. The van der Waals surface area contributed by atoms with Gasteiger partial charge in [0, 0.05) is 11.0 Å². The first-order chi connectivity index (χ1) is 9.81. The molecule has 0 fully saturated rings. The van der Waals surface area contributed by atoms with Crippen molar-refractivity contribution in [1.82, 2.24) is 0 Å². The summed E-state index contributed by atoms with van der Waals surface area (Å²) in [6, 6.07) is 8.41. The Bertz CT molecular complexity index is 661. The summed E-state index contributed by atoms with van der Waals surface area (Å²) in [5.74, 6) is 0.593. The minimum Gasteiger partial charge on any atom is -0.456 e. The summed E-state index contributed by atoms with van der Waals surface area (Å²) >= 11 is 9.25. The molecule has 0 atom stereocenters. The third-order valence-corrected chi connectivity index (χ3v) is 3.51. The highest BCUT2D eigenvalue weighted by atomic mass is 79.9. The number of halogens is 5. The minimum absolute atomic E-state index is 0.0340. The third kappa shape index (κ3) is 3.90. The highest BCUT2D eigenvalue weighted by molar-refractivity contribution is 9.10. The van der Waals surface area contributed by atoms with Crippen LogP contribution in [0.3, 0.4) is 0 Å². The number of hydrogen-bond donors (Lipinski definition) is 1. The van der Waals surface area contributed by atoms with Gasteiger partial charge in [0.2, 0.25) is 0 Å². The van der Waals surface area contributed by atoms with E-state index in [-0.39, 0.29) is 17.9 Å². The quantitative estimate of drug-likeness (QED) is 0.777. The van der Waals surface area contributed by atoms with Gasteiger partial charge in [0.05, 0.1) is 10.6 Å². The van der Waals surface area contributed by atoms with Crippen LogP contribution in [0, 0.1) is 0 Å². The van der Waals surface area contributed by atoms with Crippen molar-refractivity contribution in [3.63, 3.8) is 0 Å². The lowest BCUT2D eigenvalue weighted by Crippen LogP contribution is -2.11. The van der Waals surface area contributed by atoms with Crippen LogP contribution in [0.15, 0.2) is 40.9 Å². The van der Waals surface area contributed by atoms with Crippen molar-refractivity contribution in [3.8, 4) is 11.5 Å². The largest absolute Gasteiger partial charge is 0.456 e. The zero-order valence-electron chi connectivity index (χ0n) is 10.5. The molecule has 0 aromatic heterocycles. The Morgan fingerprint density at radius 1 is 1.14 bits per heavy atom. The molecule has 0 aliphatic rings. The van der Waals surface area contributed by atoms with E-state index in [4.69, 9.17) is 22.1 Å². The Morgan fingerprint density at radius 3 is 2.43 bits per heavy atom. The van der Waals surface area contributed by atoms with Gasteiger partial charge in [-0.25, -0.2) is 0 Å². The highest BCUT2D eigenvalue weighted by Crippen LogP contribution is 2.36. The Balaban J connectivity index is 2.33. The minimum atomic E-state index is -4.44. The van der Waals surface area contributed by atoms with Crippen molar-refractivity contribution in [2.24, 2.45) is 5.73 Å². The summed E-state index contributed by atoms with van der Waals surface area (Å²) in [7, 11) is 0. The molecule has 0 heterocycles. The number of rotatable bonds is 3. The first-order valence-electron chi connectivity index (χ1n) is 5.84. The number of alkyl halides is 3. The van der Waals surface area contributed by atoms with Crippen molar-refractivity contribution in [2.75, 3.05) is 0 Å². The van der Waals surface area contributed by atoms with E-state index in [0.29, 0.717) is 10.8 Å². The van der Waals surface area contributed by atoms with Crippen molar-refractivity contribution in [1.29, 1.82) is 0 Å². The number of benzene rings is 2. The molecule has 0 unspecified atom stereocenters. The van der Waals surface area contributed by atoms with Crippen LogP contribution < -0.4 is 10.5 Å². The van der Waals surface area contributed by atoms with E-state index in [9.17, 15) is 13.2 Å². The van der Waals surface area contributed by atoms with Gasteiger partial charge < -0.3 is 10.5 Å². The maximum atomic E-state index is 12.8. The monoisotopic (exact) mass is 379 g/mol. The van der Waals surface area contributed by atoms with E-state index in [0.717, 1.165) is 10.5 Å². The third-order valence-electron chi connectivity index (χ3n) is 2.72. The summed E-state index contributed by atoms with van der Waals surface area (Å²) in [6.07, 6.45) is -4.44. The van der Waals surface area contributed by atoms with Gasteiger partial charge in [-0.1, -0.05) is 27.5 Å². The molecule has 0 bridgehead atoms. The van der Waals surface area contributed by atoms with E-state index in [1.54, 1.807) is 18.2 Å². The van der Waals surface area contributed by atoms with E-state index >= 15 is 0 Å². The summed E-state index contributed by atoms with van der Waals surface area (Å²) in [5, 5.41) is 0.346. The van der Waals surface area contributed by atoms with E-state index in [2.05, 4.69) is 15.9 Å². The Labute approximate surface area is 132 Å². The molecular formula is C14H10BrClF3NO. The highest BCUT2D eigenvalue weighted by Gasteiger charge is 2.33. The predicted octanol–water partition coefficient (Wildman–Crippen LogP) is 5.37. The molecule has 0 aliphatic heterocycles. The molecule has 2 rings (SSSR count). The van der Waals surface area contributed by atoms with Crippen molar-refractivity contribution >= 4 is 27.5 Å². The lowest BCUT2D eigenvalue weighted by molar-refractivity contribution is -0.138. The maximum absolute atomic E-state index is 12.8. The fourth-order valence-corrected chi connectivity index (χ4v) is 2.48. The Hall–Kier alpha value is -1.24. The first kappa shape index (κ1) is 16.1. The van der Waals surface area contributed by atoms with Crippen LogP contribution in [0.4, 0.5) is 13.2 Å². The molecule has 0 aliphatic carbocycles. The van der Waals surface area contributed by atoms with Crippen LogP contribution in [-0.2, 0) is 12.7 Å². The van der Waals surface area contributed by atoms with Gasteiger partial charge >= 0.3 is 6.18 Å². The van der Waals surface area contributed by atoms with Crippen LogP contribution in [0.5, 0.6) is 11.5 Å². The Morgan fingerprint density at radius 2 is 1.86 bits per heavy atom. The number of ether oxygens (including phenoxy) is 1. The Kier molecular flexibility index (Phi) is 4.81. The van der Waals surface area contributed by atoms with Gasteiger partial charge in [-0.05, 0) is 42.0 Å². The fraction of sp³-hybridized carbons (Fsp3) is 0.143. The molecule has 0 saturated carbocycles. The molecule has 2 N–H and O–H groups in total. The average Bonchev–Trinajstić information content (AvgIpc) is 2.40. The van der Waals surface area contributed by atoms with Crippen LogP contribution in [0.2, 0.25) is 5.02 Å². The summed E-state index contributed by atoms with van der Waals surface area (Å²) in [4.78, 5) is 0. The van der Waals surface area contributed by atoms with Gasteiger partial charge in [0.15, 0.2) is 0 Å². The van der Waals surface area contributed by atoms with Crippen LogP contribution in [-0.4, -0.2) is 0 Å². The SMILES string of the molecule is NCc1cc(Oc2ccc(Br)cc2Cl)ccc1C(F)(F)F. The molecule has 0 saturated heterocycles. The standard InChI is InChI=1S/C14H10BrClF3NO/c15-9-1-4-13(12(16)6-9)21-10-2-3-11(14(17,18)19)8(5-10)7-20/h1-6H,7,20H2. The molecule has 2 aromatic rings. The van der Waals surface area contributed by atoms with E-state index in [1.165, 1.54) is 12.1 Å². The molecule has 2 nitrogen and oxygen atoms in total. The van der Waals surface area contributed by atoms with Crippen molar-refractivity contribution in [3.05, 3.63) is 57.0 Å². The van der Waals surface area contributed by atoms with Crippen molar-refractivity contribution in [2.45, 2.75) is 12.7 Å². The lowest BCUT2D eigenvalue weighted by Gasteiger charge is -2.14. The summed E-state index contributed by atoms with van der Waals surface area (Å²) in [6.45, 7) is -0.236.